The van der Waals surface area contributed by atoms with E-state index in [2.05, 4.69) is 4.52 Å². The minimum atomic E-state index is -5.22. The predicted molar refractivity (Wildman–Crippen MR) is 91.9 cm³/mol. The molecule has 4 aliphatic carbocycles. The van der Waals surface area contributed by atoms with Crippen molar-refractivity contribution < 1.29 is 67.7 Å². The average molecular weight is 433 g/mol. The minimum absolute atomic E-state index is 0. The molecule has 8 nitrogen and oxygen atoms in total. The summed E-state index contributed by atoms with van der Waals surface area (Å²) in [6.45, 7) is 0. The zero-order chi connectivity index (χ0) is 19.7. The van der Waals surface area contributed by atoms with Gasteiger partial charge in [0.2, 0.25) is 0 Å². The van der Waals surface area contributed by atoms with Crippen molar-refractivity contribution in [2.75, 3.05) is 14.2 Å². The second-order valence-electron chi connectivity index (χ2n) is 8.52. The third-order valence-corrected chi connectivity index (χ3v) is 7.60. The van der Waals surface area contributed by atoms with E-state index in [0.29, 0.717) is 23.1 Å². The smallest absolute Gasteiger partial charge is 0.780 e. The number of phosphoric acid groups is 1. The summed E-state index contributed by atoms with van der Waals surface area (Å²) in [6.07, 6.45) is 5.59. The standard InChI is InChI=1S/C19H25O8P.Na/c1-23-16-8-15(9-17(10-16)25-28(20,21)22)19(24-2)18(26-27-19)13-4-11-3-12(6-13)7-14(18)5-11;/h8-14H,3-7H2,1-2H3,(H2,20,21,22);/q;+1/p-2. The molecule has 10 heteroatoms. The summed E-state index contributed by atoms with van der Waals surface area (Å²) in [5, 5.41) is 0. The van der Waals surface area contributed by atoms with E-state index in [1.165, 1.54) is 25.7 Å². The van der Waals surface area contributed by atoms with Crippen molar-refractivity contribution in [1.29, 1.82) is 0 Å². The number of ether oxygens (including phenoxy) is 2. The molecule has 1 atom stereocenters. The molecule has 4 saturated carbocycles. The number of hydrogen-bond donors (Lipinski definition) is 0. The Balaban J connectivity index is 0.00000205. The van der Waals surface area contributed by atoms with Gasteiger partial charge < -0.3 is 28.3 Å². The molecule has 4 bridgehead atoms. The van der Waals surface area contributed by atoms with Crippen LogP contribution in [0.2, 0.25) is 0 Å². The second-order valence-corrected chi connectivity index (χ2v) is 9.60. The van der Waals surface area contributed by atoms with Gasteiger partial charge in [-0.1, -0.05) is 0 Å². The molecule has 1 heterocycles. The Morgan fingerprint density at radius 3 is 2.00 bits per heavy atom. The molecular formula is C19H23NaO8P-. The van der Waals surface area contributed by atoms with E-state index in [4.69, 9.17) is 19.2 Å². The monoisotopic (exact) mass is 433 g/mol. The average Bonchev–Trinajstić information content (AvgIpc) is 2.59. The van der Waals surface area contributed by atoms with Gasteiger partial charge in [0.1, 0.15) is 19.3 Å². The van der Waals surface area contributed by atoms with Crippen LogP contribution in [0.5, 0.6) is 11.5 Å². The molecule has 29 heavy (non-hydrogen) atoms. The van der Waals surface area contributed by atoms with Gasteiger partial charge >= 0.3 is 29.6 Å². The largest absolute Gasteiger partial charge is 1.00 e. The molecule has 0 aromatic heterocycles. The van der Waals surface area contributed by atoms with Crippen LogP contribution in [0.4, 0.5) is 0 Å². The number of benzene rings is 1. The van der Waals surface area contributed by atoms with Crippen LogP contribution in [-0.2, 0) is 24.9 Å². The summed E-state index contributed by atoms with van der Waals surface area (Å²) in [4.78, 5) is 33.8. The van der Waals surface area contributed by atoms with Gasteiger partial charge in [-0.2, -0.15) is 4.89 Å². The van der Waals surface area contributed by atoms with Crippen molar-refractivity contribution in [2.45, 2.75) is 43.5 Å². The molecule has 1 spiro atoms. The Hall–Kier alpha value is -0.150. The van der Waals surface area contributed by atoms with Gasteiger partial charge in [0.15, 0.2) is 5.60 Å². The van der Waals surface area contributed by atoms with Crippen LogP contribution in [0.3, 0.4) is 0 Å². The first kappa shape index (κ1) is 22.1. The Kier molecular flexibility index (Phi) is 5.68. The van der Waals surface area contributed by atoms with E-state index in [-0.39, 0.29) is 35.3 Å². The van der Waals surface area contributed by atoms with Gasteiger partial charge in [-0.25, -0.2) is 4.89 Å². The van der Waals surface area contributed by atoms with Gasteiger partial charge in [0.05, 0.1) is 7.11 Å². The zero-order valence-corrected chi connectivity index (χ0v) is 19.7. The third-order valence-electron chi connectivity index (χ3n) is 7.16. The first-order valence-corrected chi connectivity index (χ1v) is 11.1. The van der Waals surface area contributed by atoms with Crippen molar-refractivity contribution >= 4 is 7.82 Å². The van der Waals surface area contributed by atoms with E-state index in [0.717, 1.165) is 37.5 Å². The van der Waals surface area contributed by atoms with Gasteiger partial charge in [0.25, 0.3) is 5.79 Å². The van der Waals surface area contributed by atoms with Gasteiger partial charge in [-0.3, -0.25) is 0 Å². The normalized spacial score (nSPS) is 39.7. The fraction of sp³-hybridized carbons (Fsp3) is 0.684. The van der Waals surface area contributed by atoms with E-state index >= 15 is 0 Å². The van der Waals surface area contributed by atoms with E-state index in [9.17, 15) is 14.4 Å². The second kappa shape index (κ2) is 7.47. The topological polar surface area (TPSA) is 109 Å². The van der Waals surface area contributed by atoms with Crippen LogP contribution < -0.4 is 48.6 Å². The number of methoxy groups -OCH3 is 2. The first-order chi connectivity index (χ1) is 13.3. The fourth-order valence-corrected chi connectivity index (χ4v) is 6.78. The molecule has 1 aromatic rings. The molecule has 0 amide bonds. The third kappa shape index (κ3) is 3.23. The summed E-state index contributed by atoms with van der Waals surface area (Å²) in [6, 6.07) is 4.52. The zero-order valence-electron chi connectivity index (χ0n) is 16.8. The number of phosphoric ester groups is 1. The van der Waals surface area contributed by atoms with E-state index in [1.54, 1.807) is 13.2 Å². The Morgan fingerprint density at radius 2 is 1.55 bits per heavy atom. The quantitative estimate of drug-likeness (QED) is 0.326. The molecular weight excluding hydrogens is 410 g/mol. The van der Waals surface area contributed by atoms with Crippen molar-refractivity contribution in [2.24, 2.45) is 23.7 Å². The first-order valence-electron chi connectivity index (χ1n) is 9.63. The van der Waals surface area contributed by atoms with Crippen molar-refractivity contribution in [3.05, 3.63) is 23.8 Å². The van der Waals surface area contributed by atoms with Crippen molar-refractivity contribution in [1.82, 2.24) is 0 Å². The molecule has 6 rings (SSSR count). The van der Waals surface area contributed by atoms with Crippen LogP contribution in [-0.4, -0.2) is 19.8 Å². The summed E-state index contributed by atoms with van der Waals surface area (Å²) < 4.78 is 27.0. The SMILES string of the molecule is COc1cc(OP(=O)([O-])[O-])cc(C2(OC)OOC23C2CC4CC(C2)CC3C4)c1.[Na+]. The molecule has 1 unspecified atom stereocenters. The molecule has 5 aliphatic rings. The molecule has 1 aliphatic heterocycles. The van der Waals surface area contributed by atoms with Crippen LogP contribution >= 0.6 is 7.82 Å². The van der Waals surface area contributed by atoms with Gasteiger partial charge in [-0.15, -0.1) is 0 Å². The molecule has 0 radical (unpaired) electrons. The maximum atomic E-state index is 11.1. The molecule has 5 fully saturated rings. The van der Waals surface area contributed by atoms with Crippen LogP contribution in [0.1, 0.15) is 37.7 Å². The number of hydrogen-bond acceptors (Lipinski definition) is 8. The number of rotatable bonds is 5. The van der Waals surface area contributed by atoms with Crippen molar-refractivity contribution in [3.8, 4) is 11.5 Å². The van der Waals surface area contributed by atoms with Crippen LogP contribution in [0.25, 0.3) is 0 Å². The van der Waals surface area contributed by atoms with E-state index in [1.807, 2.05) is 0 Å². The Bertz CT molecular complexity index is 809. The van der Waals surface area contributed by atoms with E-state index < -0.39 is 19.2 Å². The Morgan fingerprint density at radius 1 is 0.966 bits per heavy atom. The summed E-state index contributed by atoms with van der Waals surface area (Å²) in [5.41, 5.74) is -0.103. The molecule has 154 valence electrons. The maximum Gasteiger partial charge on any atom is 1.00 e. The fourth-order valence-electron chi connectivity index (χ4n) is 6.42. The summed E-state index contributed by atoms with van der Waals surface area (Å²) in [7, 11) is -2.21. The summed E-state index contributed by atoms with van der Waals surface area (Å²) in [5.74, 6) is 1.07. The molecule has 0 N–H and O–H groups in total. The minimum Gasteiger partial charge on any atom is -0.780 e. The maximum absolute atomic E-state index is 11.1. The van der Waals surface area contributed by atoms with Gasteiger partial charge in [-0.05, 0) is 67.9 Å². The Labute approximate surface area is 191 Å². The van der Waals surface area contributed by atoms with Gasteiger partial charge in [0, 0.05) is 18.7 Å². The van der Waals surface area contributed by atoms with Crippen molar-refractivity contribution in [3.63, 3.8) is 0 Å². The predicted octanol–water partition coefficient (Wildman–Crippen LogP) is -1.14. The molecule has 1 saturated heterocycles. The van der Waals surface area contributed by atoms with Crippen LogP contribution in [0.15, 0.2) is 18.2 Å². The molecule has 1 aromatic carbocycles. The van der Waals surface area contributed by atoms with Crippen LogP contribution in [0, 0.1) is 23.7 Å². The summed E-state index contributed by atoms with van der Waals surface area (Å²) >= 11 is 0.